The molecule has 1 amide bonds. The van der Waals surface area contributed by atoms with Gasteiger partial charge in [-0.3, -0.25) is 4.79 Å². The van der Waals surface area contributed by atoms with Crippen molar-refractivity contribution in [3.05, 3.63) is 53.1 Å². The number of hydrogen-bond donors (Lipinski definition) is 1. The minimum absolute atomic E-state index is 0.281. The summed E-state index contributed by atoms with van der Waals surface area (Å²) in [7, 11) is 1.45. The highest BCUT2D eigenvalue weighted by molar-refractivity contribution is 6.33. The van der Waals surface area contributed by atoms with Gasteiger partial charge in [0.2, 0.25) is 0 Å². The maximum Gasteiger partial charge on any atom is 0.252 e. The molecule has 4 heteroatoms. The molecule has 0 fully saturated rings. The molecule has 2 N–H and O–H groups in total. The third-order valence-electron chi connectivity index (χ3n) is 2.62. The Morgan fingerprint density at radius 2 is 1.83 bits per heavy atom. The number of rotatable bonds is 3. The van der Waals surface area contributed by atoms with Gasteiger partial charge >= 0.3 is 0 Å². The van der Waals surface area contributed by atoms with Gasteiger partial charge in [-0.2, -0.15) is 0 Å². The lowest BCUT2D eigenvalue weighted by Gasteiger charge is -2.10. The lowest BCUT2D eigenvalue weighted by atomic mass is 10.0. The maximum absolute atomic E-state index is 11.4. The second kappa shape index (κ2) is 5.10. The highest BCUT2D eigenvalue weighted by atomic mass is 35.5. The fourth-order valence-corrected chi connectivity index (χ4v) is 2.08. The van der Waals surface area contributed by atoms with Crippen LogP contribution in [-0.2, 0) is 0 Å². The van der Waals surface area contributed by atoms with Crippen LogP contribution in [0.5, 0.6) is 5.75 Å². The van der Waals surface area contributed by atoms with Crippen molar-refractivity contribution >= 4 is 17.5 Å². The molecule has 0 unspecified atom stereocenters. The average molecular weight is 262 g/mol. The number of primary amides is 1. The van der Waals surface area contributed by atoms with Gasteiger partial charge in [0.05, 0.1) is 17.7 Å². The second-order valence-electron chi connectivity index (χ2n) is 3.77. The van der Waals surface area contributed by atoms with Gasteiger partial charge < -0.3 is 10.5 Å². The summed E-state index contributed by atoms with van der Waals surface area (Å²) >= 11 is 6.10. The van der Waals surface area contributed by atoms with Gasteiger partial charge in [-0.05, 0) is 23.3 Å². The van der Waals surface area contributed by atoms with Crippen LogP contribution in [0, 0.1) is 0 Å². The highest BCUT2D eigenvalue weighted by Crippen LogP contribution is 2.33. The van der Waals surface area contributed by atoms with Crippen LogP contribution >= 0.6 is 11.6 Å². The topological polar surface area (TPSA) is 52.3 Å². The van der Waals surface area contributed by atoms with Gasteiger partial charge in [0.15, 0.2) is 0 Å². The third kappa shape index (κ3) is 2.31. The first-order valence-electron chi connectivity index (χ1n) is 5.36. The van der Waals surface area contributed by atoms with E-state index < -0.39 is 5.91 Å². The Hall–Kier alpha value is -2.00. The maximum atomic E-state index is 11.4. The zero-order valence-corrected chi connectivity index (χ0v) is 10.6. The Morgan fingerprint density at radius 1 is 1.17 bits per heavy atom. The molecule has 0 saturated heterocycles. The van der Waals surface area contributed by atoms with Gasteiger partial charge in [-0.25, -0.2) is 0 Å². The summed E-state index contributed by atoms with van der Waals surface area (Å²) in [4.78, 5) is 11.4. The van der Waals surface area contributed by atoms with Crippen LogP contribution in [0.4, 0.5) is 0 Å². The van der Waals surface area contributed by atoms with Crippen molar-refractivity contribution in [3.63, 3.8) is 0 Å². The number of nitrogens with two attached hydrogens (primary N) is 1. The molecule has 0 aliphatic rings. The number of carbonyl (C=O) groups is 1. The number of hydrogen-bond acceptors (Lipinski definition) is 2. The predicted octanol–water partition coefficient (Wildman–Crippen LogP) is 3.11. The summed E-state index contributed by atoms with van der Waals surface area (Å²) in [5, 5.41) is 0.368. The Balaban J connectivity index is 2.62. The van der Waals surface area contributed by atoms with Crippen molar-refractivity contribution in [1.29, 1.82) is 0 Å². The molecule has 2 aromatic carbocycles. The molecule has 0 bridgehead atoms. The predicted molar refractivity (Wildman–Crippen MR) is 72.0 cm³/mol. The molecule has 18 heavy (non-hydrogen) atoms. The smallest absolute Gasteiger partial charge is 0.252 e. The van der Waals surface area contributed by atoms with E-state index in [2.05, 4.69) is 0 Å². The van der Waals surface area contributed by atoms with Crippen LogP contribution in [0.2, 0.25) is 5.02 Å². The summed E-state index contributed by atoms with van der Waals surface area (Å²) in [6.07, 6.45) is 0. The summed E-state index contributed by atoms with van der Waals surface area (Å²) in [6.45, 7) is 0. The van der Waals surface area contributed by atoms with E-state index in [1.54, 1.807) is 12.1 Å². The molecular weight excluding hydrogens is 250 g/mol. The summed E-state index contributed by atoms with van der Waals surface area (Å²) in [5.41, 5.74) is 7.40. The zero-order chi connectivity index (χ0) is 13.1. The molecule has 0 heterocycles. The molecule has 92 valence electrons. The lowest BCUT2D eigenvalue weighted by Crippen LogP contribution is -2.12. The summed E-state index contributed by atoms with van der Waals surface area (Å²) < 4.78 is 5.10. The highest BCUT2D eigenvalue weighted by Gasteiger charge is 2.15. The molecule has 0 aromatic heterocycles. The number of ether oxygens (including phenoxy) is 1. The Kier molecular flexibility index (Phi) is 3.53. The molecule has 2 aromatic rings. The minimum atomic E-state index is -0.563. The third-order valence-corrected chi connectivity index (χ3v) is 2.90. The first-order valence-corrected chi connectivity index (χ1v) is 5.74. The van der Waals surface area contributed by atoms with Crippen LogP contribution in [-0.4, -0.2) is 13.0 Å². The largest absolute Gasteiger partial charge is 0.494 e. The standard InChI is InChI=1S/C14H12ClNO2/c1-18-13-11(14(16)17)7-10(8-12(13)15)9-5-3-2-4-6-9/h2-8H,1H3,(H2,16,17). The molecule has 0 saturated carbocycles. The van der Waals surface area contributed by atoms with Crippen LogP contribution < -0.4 is 10.5 Å². The van der Waals surface area contributed by atoms with Crippen LogP contribution in [0.1, 0.15) is 10.4 Å². The molecule has 2 rings (SSSR count). The Morgan fingerprint density at radius 3 is 2.39 bits per heavy atom. The average Bonchev–Trinajstić information content (AvgIpc) is 2.38. The summed E-state index contributed by atoms with van der Waals surface area (Å²) in [6, 6.07) is 13.1. The number of methoxy groups -OCH3 is 1. The number of carbonyl (C=O) groups excluding carboxylic acids is 1. The van der Waals surface area contributed by atoms with Crippen molar-refractivity contribution in [1.82, 2.24) is 0 Å². The van der Waals surface area contributed by atoms with Crippen molar-refractivity contribution in [3.8, 4) is 16.9 Å². The monoisotopic (exact) mass is 261 g/mol. The van der Waals surface area contributed by atoms with Gasteiger partial charge in [0.1, 0.15) is 5.75 Å². The van der Waals surface area contributed by atoms with E-state index in [1.807, 2.05) is 30.3 Å². The molecular formula is C14H12ClNO2. The van der Waals surface area contributed by atoms with E-state index in [0.29, 0.717) is 10.8 Å². The normalized spacial score (nSPS) is 10.1. The SMILES string of the molecule is COc1c(Cl)cc(-c2ccccc2)cc1C(N)=O. The summed E-state index contributed by atoms with van der Waals surface area (Å²) in [5.74, 6) is -0.254. The Labute approximate surface area is 110 Å². The van der Waals surface area contributed by atoms with Gasteiger partial charge in [0.25, 0.3) is 5.91 Å². The molecule has 0 radical (unpaired) electrons. The van der Waals surface area contributed by atoms with Gasteiger partial charge in [-0.15, -0.1) is 0 Å². The van der Waals surface area contributed by atoms with Crippen molar-refractivity contribution in [2.24, 2.45) is 5.73 Å². The number of benzene rings is 2. The van der Waals surface area contributed by atoms with Crippen molar-refractivity contribution in [2.45, 2.75) is 0 Å². The van der Waals surface area contributed by atoms with E-state index in [0.717, 1.165) is 11.1 Å². The van der Waals surface area contributed by atoms with E-state index in [-0.39, 0.29) is 5.56 Å². The van der Waals surface area contributed by atoms with Gasteiger partial charge in [0, 0.05) is 0 Å². The van der Waals surface area contributed by atoms with E-state index in [1.165, 1.54) is 7.11 Å². The molecule has 0 aliphatic heterocycles. The van der Waals surface area contributed by atoms with Crippen molar-refractivity contribution < 1.29 is 9.53 Å². The number of amides is 1. The van der Waals surface area contributed by atoms with Crippen LogP contribution in [0.3, 0.4) is 0 Å². The number of halogens is 1. The van der Waals surface area contributed by atoms with Gasteiger partial charge in [-0.1, -0.05) is 41.9 Å². The fourth-order valence-electron chi connectivity index (χ4n) is 1.78. The zero-order valence-electron chi connectivity index (χ0n) is 9.81. The lowest BCUT2D eigenvalue weighted by molar-refractivity contribution is 0.0997. The fraction of sp³-hybridized carbons (Fsp3) is 0.0714. The first kappa shape index (κ1) is 12.5. The van der Waals surface area contributed by atoms with E-state index in [4.69, 9.17) is 22.1 Å². The second-order valence-corrected chi connectivity index (χ2v) is 4.18. The first-order chi connectivity index (χ1) is 8.63. The molecule has 0 atom stereocenters. The quantitative estimate of drug-likeness (QED) is 0.923. The van der Waals surface area contributed by atoms with E-state index in [9.17, 15) is 4.79 Å². The van der Waals surface area contributed by atoms with Crippen LogP contribution in [0.15, 0.2) is 42.5 Å². The molecule has 3 nitrogen and oxygen atoms in total. The molecule has 0 aliphatic carbocycles. The van der Waals surface area contributed by atoms with Crippen molar-refractivity contribution in [2.75, 3.05) is 7.11 Å². The Bertz CT molecular complexity index is 582. The minimum Gasteiger partial charge on any atom is -0.494 e. The van der Waals surface area contributed by atoms with Crippen LogP contribution in [0.25, 0.3) is 11.1 Å². The van der Waals surface area contributed by atoms with E-state index >= 15 is 0 Å². The molecule has 0 spiro atoms.